The molecule has 102 valence electrons. The highest BCUT2D eigenvalue weighted by Gasteiger charge is 2.05. The maximum atomic E-state index is 2.36. The summed E-state index contributed by atoms with van der Waals surface area (Å²) in [6.45, 7) is 5.59. The molecular formula is C17H30N+. The number of pyridine rings is 1. The average molecular weight is 248 g/mol. The van der Waals surface area contributed by atoms with Crippen LogP contribution in [0.2, 0.25) is 0 Å². The second-order valence-corrected chi connectivity index (χ2v) is 5.20. The maximum Gasteiger partial charge on any atom is 0.181 e. The number of hydrogen-bond acceptors (Lipinski definition) is 0. The van der Waals surface area contributed by atoms with Crippen LogP contribution in [0.1, 0.15) is 70.9 Å². The van der Waals surface area contributed by atoms with Crippen LogP contribution in [0.3, 0.4) is 0 Å². The van der Waals surface area contributed by atoms with Gasteiger partial charge in [0.1, 0.15) is 6.54 Å². The van der Waals surface area contributed by atoms with Gasteiger partial charge in [-0.15, -0.1) is 0 Å². The third-order valence-electron chi connectivity index (χ3n) is 3.66. The number of rotatable bonds is 10. The first-order valence-corrected chi connectivity index (χ1v) is 7.85. The summed E-state index contributed by atoms with van der Waals surface area (Å²) in [5, 5.41) is 0. The molecule has 0 fully saturated rings. The van der Waals surface area contributed by atoms with Gasteiger partial charge in [-0.25, -0.2) is 4.57 Å². The molecule has 0 radical (unpaired) electrons. The van der Waals surface area contributed by atoms with E-state index in [0.29, 0.717) is 0 Å². The molecular weight excluding hydrogens is 218 g/mol. The Labute approximate surface area is 113 Å². The fourth-order valence-corrected chi connectivity index (χ4v) is 2.49. The molecule has 0 bridgehead atoms. The second-order valence-electron chi connectivity index (χ2n) is 5.20. The molecule has 0 spiro atoms. The molecule has 0 saturated carbocycles. The first kappa shape index (κ1) is 15.2. The predicted molar refractivity (Wildman–Crippen MR) is 78.6 cm³/mol. The molecule has 1 nitrogen and oxygen atoms in total. The summed E-state index contributed by atoms with van der Waals surface area (Å²) in [7, 11) is 0. The van der Waals surface area contributed by atoms with E-state index in [1.165, 1.54) is 63.5 Å². The lowest BCUT2D eigenvalue weighted by molar-refractivity contribution is -0.700. The van der Waals surface area contributed by atoms with E-state index in [-0.39, 0.29) is 0 Å². The Balaban J connectivity index is 2.07. The van der Waals surface area contributed by atoms with E-state index in [1.54, 1.807) is 0 Å². The molecule has 1 aromatic heterocycles. The zero-order chi connectivity index (χ0) is 13.1. The molecule has 0 amide bonds. The van der Waals surface area contributed by atoms with Crippen molar-refractivity contribution in [2.24, 2.45) is 0 Å². The summed E-state index contributed by atoms with van der Waals surface area (Å²) in [6, 6.07) is 6.55. The zero-order valence-corrected chi connectivity index (χ0v) is 12.3. The fourth-order valence-electron chi connectivity index (χ4n) is 2.49. The van der Waals surface area contributed by atoms with Gasteiger partial charge in [-0.05, 0) is 13.3 Å². The summed E-state index contributed by atoms with van der Waals surface area (Å²) in [6.07, 6.45) is 14.7. The SMILES string of the molecule is CCCCCCCCCCc1cccc[n+]1CC. The highest BCUT2D eigenvalue weighted by atomic mass is 14.9. The largest absolute Gasteiger partial charge is 0.203 e. The molecule has 0 aliphatic carbocycles. The van der Waals surface area contributed by atoms with Crippen LogP contribution in [-0.4, -0.2) is 0 Å². The van der Waals surface area contributed by atoms with Gasteiger partial charge in [-0.2, -0.15) is 0 Å². The minimum atomic E-state index is 1.09. The third kappa shape index (κ3) is 6.18. The van der Waals surface area contributed by atoms with Gasteiger partial charge in [-0.3, -0.25) is 0 Å². The van der Waals surface area contributed by atoms with Crippen LogP contribution < -0.4 is 4.57 Å². The first-order valence-electron chi connectivity index (χ1n) is 7.85. The predicted octanol–water partition coefficient (Wildman–Crippen LogP) is 4.68. The molecule has 0 unspecified atom stereocenters. The van der Waals surface area contributed by atoms with Crippen LogP contribution in [0.15, 0.2) is 24.4 Å². The summed E-state index contributed by atoms with van der Waals surface area (Å²) < 4.78 is 2.36. The van der Waals surface area contributed by atoms with Gasteiger partial charge in [0.15, 0.2) is 11.9 Å². The van der Waals surface area contributed by atoms with Crippen LogP contribution >= 0.6 is 0 Å². The van der Waals surface area contributed by atoms with Crippen molar-refractivity contribution in [3.05, 3.63) is 30.1 Å². The molecule has 1 heterocycles. The molecule has 1 rings (SSSR count). The van der Waals surface area contributed by atoms with Crippen LogP contribution in [0.5, 0.6) is 0 Å². The Morgan fingerprint density at radius 3 is 2.17 bits per heavy atom. The quantitative estimate of drug-likeness (QED) is 0.418. The highest BCUT2D eigenvalue weighted by molar-refractivity contribution is 4.97. The van der Waals surface area contributed by atoms with E-state index < -0.39 is 0 Å². The zero-order valence-electron chi connectivity index (χ0n) is 12.3. The number of nitrogens with zero attached hydrogens (tertiary/aromatic N) is 1. The molecule has 1 aromatic rings. The topological polar surface area (TPSA) is 3.88 Å². The number of aryl methyl sites for hydroxylation is 2. The summed E-state index contributed by atoms with van der Waals surface area (Å²) >= 11 is 0. The van der Waals surface area contributed by atoms with Crippen molar-refractivity contribution in [2.45, 2.75) is 78.2 Å². The second kappa shape index (κ2) is 10.1. The number of unbranched alkanes of at least 4 members (excludes halogenated alkanes) is 7. The van der Waals surface area contributed by atoms with E-state index in [0.717, 1.165) is 6.54 Å². The molecule has 0 atom stereocenters. The van der Waals surface area contributed by atoms with Gasteiger partial charge >= 0.3 is 0 Å². The molecule has 0 aliphatic heterocycles. The number of hydrogen-bond donors (Lipinski definition) is 0. The third-order valence-corrected chi connectivity index (χ3v) is 3.66. The molecule has 0 aliphatic rings. The standard InChI is InChI=1S/C17H30N/c1-3-5-6-7-8-9-10-11-14-17-15-12-13-16-18(17)4-2/h12-13,15-16H,3-11,14H2,1-2H3/q+1. The van der Waals surface area contributed by atoms with E-state index in [2.05, 4.69) is 42.8 Å². The molecule has 0 N–H and O–H groups in total. The van der Waals surface area contributed by atoms with Crippen molar-refractivity contribution < 1.29 is 4.57 Å². The van der Waals surface area contributed by atoms with Crippen LogP contribution in [0.4, 0.5) is 0 Å². The summed E-state index contributed by atoms with van der Waals surface area (Å²) in [5.41, 5.74) is 1.49. The van der Waals surface area contributed by atoms with Crippen molar-refractivity contribution in [2.75, 3.05) is 0 Å². The summed E-state index contributed by atoms with van der Waals surface area (Å²) in [5.74, 6) is 0. The average Bonchev–Trinajstić information content (AvgIpc) is 2.42. The Hall–Kier alpha value is -0.850. The normalized spacial score (nSPS) is 10.8. The smallest absolute Gasteiger partial charge is 0.181 e. The molecule has 0 saturated heterocycles. The van der Waals surface area contributed by atoms with E-state index >= 15 is 0 Å². The lowest BCUT2D eigenvalue weighted by Gasteiger charge is -2.02. The molecule has 1 heteroatoms. The first-order chi connectivity index (χ1) is 8.88. The Morgan fingerprint density at radius 2 is 1.50 bits per heavy atom. The molecule has 0 aromatic carbocycles. The van der Waals surface area contributed by atoms with Gasteiger partial charge in [-0.1, -0.05) is 57.9 Å². The van der Waals surface area contributed by atoms with Gasteiger partial charge in [0, 0.05) is 18.6 Å². The van der Waals surface area contributed by atoms with Crippen LogP contribution in [0.25, 0.3) is 0 Å². The van der Waals surface area contributed by atoms with Crippen molar-refractivity contribution in [3.8, 4) is 0 Å². The lowest BCUT2D eigenvalue weighted by Crippen LogP contribution is -2.36. The minimum Gasteiger partial charge on any atom is -0.203 e. The van der Waals surface area contributed by atoms with E-state index in [1.807, 2.05) is 0 Å². The lowest BCUT2D eigenvalue weighted by atomic mass is 10.1. The van der Waals surface area contributed by atoms with Gasteiger partial charge < -0.3 is 0 Å². The van der Waals surface area contributed by atoms with Crippen molar-refractivity contribution in [1.82, 2.24) is 0 Å². The van der Waals surface area contributed by atoms with Crippen molar-refractivity contribution in [3.63, 3.8) is 0 Å². The summed E-state index contributed by atoms with van der Waals surface area (Å²) in [4.78, 5) is 0. The van der Waals surface area contributed by atoms with Gasteiger partial charge in [0.05, 0.1) is 0 Å². The molecule has 18 heavy (non-hydrogen) atoms. The number of aromatic nitrogens is 1. The highest BCUT2D eigenvalue weighted by Crippen LogP contribution is 2.09. The Morgan fingerprint density at radius 1 is 0.833 bits per heavy atom. The van der Waals surface area contributed by atoms with Crippen LogP contribution in [0, 0.1) is 0 Å². The van der Waals surface area contributed by atoms with Gasteiger partial charge in [0.25, 0.3) is 0 Å². The Bertz CT molecular complexity index is 306. The minimum absolute atomic E-state index is 1.09. The van der Waals surface area contributed by atoms with Gasteiger partial charge in [0.2, 0.25) is 0 Å². The van der Waals surface area contributed by atoms with E-state index in [9.17, 15) is 0 Å². The monoisotopic (exact) mass is 248 g/mol. The Kier molecular flexibility index (Phi) is 8.54. The van der Waals surface area contributed by atoms with E-state index in [4.69, 9.17) is 0 Å². The fraction of sp³-hybridized carbons (Fsp3) is 0.706. The maximum absolute atomic E-state index is 2.36. The van der Waals surface area contributed by atoms with Crippen LogP contribution in [-0.2, 0) is 13.0 Å². The van der Waals surface area contributed by atoms with Crippen molar-refractivity contribution in [1.29, 1.82) is 0 Å². The van der Waals surface area contributed by atoms with Crippen molar-refractivity contribution >= 4 is 0 Å².